The molecule has 5 heteroatoms. The summed E-state index contributed by atoms with van der Waals surface area (Å²) in [5.41, 5.74) is -0.288. The first-order valence-electron chi connectivity index (χ1n) is 5.38. The maximum absolute atomic E-state index is 11.1. The first kappa shape index (κ1) is 11.4. The van der Waals surface area contributed by atoms with E-state index in [4.69, 9.17) is 4.74 Å². The number of methoxy groups -OCH3 is 1. The number of benzene rings is 1. The topological polar surface area (TPSA) is 76.2 Å². The summed E-state index contributed by atoms with van der Waals surface area (Å²) in [5, 5.41) is 20.4. The predicted octanol–water partition coefficient (Wildman–Crippen LogP) is 2.55. The minimum Gasteiger partial charge on any atom is -0.490 e. The van der Waals surface area contributed by atoms with Crippen LogP contribution in [-0.4, -0.2) is 12.0 Å². The van der Waals surface area contributed by atoms with Gasteiger partial charge in [-0.2, -0.15) is 5.26 Å². The van der Waals surface area contributed by atoms with E-state index in [-0.39, 0.29) is 11.4 Å². The molecule has 1 aliphatic rings. The third-order valence-electron chi connectivity index (χ3n) is 3.34. The predicted molar refractivity (Wildman–Crippen MR) is 60.8 cm³/mol. The van der Waals surface area contributed by atoms with E-state index in [9.17, 15) is 15.4 Å². The Bertz CT molecular complexity index is 501. The number of hydrogen-bond acceptors (Lipinski definition) is 4. The number of ether oxygens (including phenoxy) is 1. The minimum atomic E-state index is -0.697. The number of para-hydroxylation sites is 1. The van der Waals surface area contributed by atoms with E-state index in [1.807, 2.05) is 0 Å². The van der Waals surface area contributed by atoms with Crippen LogP contribution in [-0.2, 0) is 5.41 Å². The highest BCUT2D eigenvalue weighted by Gasteiger charge is 2.44. The third-order valence-corrected chi connectivity index (χ3v) is 3.34. The van der Waals surface area contributed by atoms with Gasteiger partial charge in [0.1, 0.15) is 0 Å². The number of nitro benzene ring substituents is 1. The lowest BCUT2D eigenvalue weighted by Crippen LogP contribution is -2.33. The van der Waals surface area contributed by atoms with Crippen molar-refractivity contribution >= 4 is 5.69 Å². The molecule has 17 heavy (non-hydrogen) atoms. The van der Waals surface area contributed by atoms with Gasteiger partial charge in [0.25, 0.3) is 0 Å². The summed E-state index contributed by atoms with van der Waals surface area (Å²) < 4.78 is 5.00. The fraction of sp³-hybridized carbons (Fsp3) is 0.417. The normalized spacial score (nSPS) is 16.7. The van der Waals surface area contributed by atoms with Gasteiger partial charge in [0.15, 0.2) is 5.75 Å². The lowest BCUT2D eigenvalue weighted by Gasteiger charge is -2.35. The quantitative estimate of drug-likeness (QED) is 0.592. The van der Waals surface area contributed by atoms with E-state index in [1.165, 1.54) is 7.11 Å². The Morgan fingerprint density at radius 2 is 2.24 bits per heavy atom. The molecule has 0 bridgehead atoms. The van der Waals surface area contributed by atoms with E-state index in [1.54, 1.807) is 18.2 Å². The second-order valence-corrected chi connectivity index (χ2v) is 4.16. The smallest absolute Gasteiger partial charge is 0.315 e. The molecule has 1 fully saturated rings. The van der Waals surface area contributed by atoms with Crippen LogP contribution in [0.15, 0.2) is 18.2 Å². The SMILES string of the molecule is COc1cccc(C2(C#N)CCC2)c1[N+](=O)[O-]. The average molecular weight is 232 g/mol. The van der Waals surface area contributed by atoms with Crippen LogP contribution in [0, 0.1) is 21.4 Å². The summed E-state index contributed by atoms with van der Waals surface area (Å²) in [6.45, 7) is 0. The zero-order valence-corrected chi connectivity index (χ0v) is 9.47. The molecule has 88 valence electrons. The molecule has 0 unspecified atom stereocenters. The molecular formula is C12H12N2O3. The van der Waals surface area contributed by atoms with E-state index in [2.05, 4.69) is 6.07 Å². The van der Waals surface area contributed by atoms with Gasteiger partial charge in [-0.15, -0.1) is 0 Å². The van der Waals surface area contributed by atoms with E-state index in [0.29, 0.717) is 18.4 Å². The van der Waals surface area contributed by atoms with Crippen molar-refractivity contribution in [3.8, 4) is 11.8 Å². The van der Waals surface area contributed by atoms with Crippen molar-refractivity contribution in [1.29, 1.82) is 5.26 Å². The standard InChI is InChI=1S/C12H12N2O3/c1-17-10-5-2-4-9(11(10)14(15)16)12(8-13)6-3-7-12/h2,4-5H,3,6-7H2,1H3. The molecule has 1 aromatic rings. The van der Waals surface area contributed by atoms with Gasteiger partial charge in [-0.3, -0.25) is 10.1 Å². The number of nitro groups is 1. The summed E-state index contributed by atoms with van der Waals surface area (Å²) in [6, 6.07) is 7.11. The Labute approximate surface area is 98.8 Å². The fourth-order valence-electron chi connectivity index (χ4n) is 2.23. The van der Waals surface area contributed by atoms with Gasteiger partial charge < -0.3 is 4.74 Å². The summed E-state index contributed by atoms with van der Waals surface area (Å²) in [7, 11) is 1.39. The lowest BCUT2D eigenvalue weighted by atomic mass is 9.65. The number of rotatable bonds is 3. The molecule has 0 aliphatic heterocycles. The second kappa shape index (κ2) is 4.06. The van der Waals surface area contributed by atoms with Gasteiger partial charge in [-0.1, -0.05) is 12.1 Å². The first-order chi connectivity index (χ1) is 8.14. The van der Waals surface area contributed by atoms with Crippen molar-refractivity contribution in [2.45, 2.75) is 24.7 Å². The summed E-state index contributed by atoms with van der Waals surface area (Å²) in [6.07, 6.45) is 2.29. The monoisotopic (exact) mass is 232 g/mol. The van der Waals surface area contributed by atoms with Crippen molar-refractivity contribution in [3.63, 3.8) is 0 Å². The Kier molecular flexibility index (Phi) is 2.72. The Morgan fingerprint density at radius 3 is 2.65 bits per heavy atom. The molecule has 1 saturated carbocycles. The van der Waals surface area contributed by atoms with Gasteiger partial charge in [0.05, 0.1) is 29.1 Å². The van der Waals surface area contributed by atoms with Crippen molar-refractivity contribution in [1.82, 2.24) is 0 Å². The highest BCUT2D eigenvalue weighted by atomic mass is 16.6. The largest absolute Gasteiger partial charge is 0.490 e. The maximum atomic E-state index is 11.1. The van der Waals surface area contributed by atoms with Crippen LogP contribution in [0.1, 0.15) is 24.8 Å². The van der Waals surface area contributed by atoms with Crippen molar-refractivity contribution in [2.24, 2.45) is 0 Å². The van der Waals surface area contributed by atoms with Crippen LogP contribution in [0.3, 0.4) is 0 Å². The van der Waals surface area contributed by atoms with Gasteiger partial charge in [0.2, 0.25) is 0 Å². The van der Waals surface area contributed by atoms with Crippen LogP contribution in [0.25, 0.3) is 0 Å². The van der Waals surface area contributed by atoms with E-state index in [0.717, 1.165) is 6.42 Å². The second-order valence-electron chi connectivity index (χ2n) is 4.16. The number of nitrogens with zero attached hydrogens (tertiary/aromatic N) is 2. The van der Waals surface area contributed by atoms with Crippen LogP contribution >= 0.6 is 0 Å². The summed E-state index contributed by atoms with van der Waals surface area (Å²) in [4.78, 5) is 10.7. The molecule has 0 saturated heterocycles. The summed E-state index contributed by atoms with van der Waals surface area (Å²) >= 11 is 0. The molecule has 0 atom stereocenters. The van der Waals surface area contributed by atoms with Crippen LogP contribution < -0.4 is 4.74 Å². The Hall–Kier alpha value is -2.09. The van der Waals surface area contributed by atoms with Gasteiger partial charge in [0, 0.05) is 0 Å². The van der Waals surface area contributed by atoms with Crippen molar-refractivity contribution < 1.29 is 9.66 Å². The van der Waals surface area contributed by atoms with Crippen LogP contribution in [0.4, 0.5) is 5.69 Å². The molecule has 0 heterocycles. The third kappa shape index (κ3) is 1.62. The molecule has 0 radical (unpaired) electrons. The highest BCUT2D eigenvalue weighted by molar-refractivity contribution is 5.58. The lowest BCUT2D eigenvalue weighted by molar-refractivity contribution is -0.387. The zero-order valence-electron chi connectivity index (χ0n) is 9.47. The molecule has 2 rings (SSSR count). The molecule has 1 aliphatic carbocycles. The number of hydrogen-bond donors (Lipinski definition) is 0. The Balaban J connectivity index is 2.62. The number of nitriles is 1. The average Bonchev–Trinajstić information content (AvgIpc) is 2.27. The van der Waals surface area contributed by atoms with E-state index >= 15 is 0 Å². The highest BCUT2D eigenvalue weighted by Crippen LogP contribution is 2.48. The van der Waals surface area contributed by atoms with Gasteiger partial charge in [-0.25, -0.2) is 0 Å². The first-order valence-corrected chi connectivity index (χ1v) is 5.38. The van der Waals surface area contributed by atoms with Crippen LogP contribution in [0.2, 0.25) is 0 Å². The molecular weight excluding hydrogens is 220 g/mol. The summed E-state index contributed by atoms with van der Waals surface area (Å²) in [5.74, 6) is 0.217. The zero-order chi connectivity index (χ0) is 12.5. The molecule has 1 aromatic carbocycles. The molecule has 0 spiro atoms. The van der Waals surface area contributed by atoms with Gasteiger partial charge >= 0.3 is 5.69 Å². The fourth-order valence-corrected chi connectivity index (χ4v) is 2.23. The van der Waals surface area contributed by atoms with E-state index < -0.39 is 10.3 Å². The van der Waals surface area contributed by atoms with Crippen LogP contribution in [0.5, 0.6) is 5.75 Å². The molecule has 0 amide bonds. The minimum absolute atomic E-state index is 0.0729. The molecule has 0 N–H and O–H groups in total. The Morgan fingerprint density at radius 1 is 1.53 bits per heavy atom. The van der Waals surface area contributed by atoms with Crippen molar-refractivity contribution in [3.05, 3.63) is 33.9 Å². The van der Waals surface area contributed by atoms with Gasteiger partial charge in [-0.05, 0) is 25.3 Å². The molecule has 5 nitrogen and oxygen atoms in total. The van der Waals surface area contributed by atoms with Crippen molar-refractivity contribution in [2.75, 3.05) is 7.11 Å². The maximum Gasteiger partial charge on any atom is 0.315 e. The molecule has 0 aromatic heterocycles.